The van der Waals surface area contributed by atoms with Gasteiger partial charge in [0.25, 0.3) is 0 Å². The lowest BCUT2D eigenvalue weighted by Crippen LogP contribution is -2.05. The highest BCUT2D eigenvalue weighted by atomic mass is 32.1. The van der Waals surface area contributed by atoms with Crippen LogP contribution in [-0.4, -0.2) is 11.5 Å². The van der Waals surface area contributed by atoms with Gasteiger partial charge in [0.1, 0.15) is 0 Å². The molecule has 2 nitrogen and oxygen atoms in total. The van der Waals surface area contributed by atoms with Crippen LogP contribution in [0.3, 0.4) is 0 Å². The van der Waals surface area contributed by atoms with Crippen molar-refractivity contribution in [3.05, 3.63) is 16.6 Å². The molecule has 2 rings (SSSR count). The van der Waals surface area contributed by atoms with Crippen LogP contribution in [0.2, 0.25) is 0 Å². The summed E-state index contributed by atoms with van der Waals surface area (Å²) < 4.78 is 0. The zero-order valence-electron chi connectivity index (χ0n) is 7.45. The molecule has 2 N–H and O–H groups in total. The van der Waals surface area contributed by atoms with Crippen LogP contribution >= 0.6 is 11.3 Å². The van der Waals surface area contributed by atoms with Crippen LogP contribution < -0.4 is 5.73 Å². The van der Waals surface area contributed by atoms with E-state index in [1.165, 1.54) is 5.69 Å². The summed E-state index contributed by atoms with van der Waals surface area (Å²) in [4.78, 5) is 4.34. The molecule has 2 unspecified atom stereocenters. The number of nitrogens with zero attached hydrogens (tertiary/aromatic N) is 1. The summed E-state index contributed by atoms with van der Waals surface area (Å²) in [6.07, 6.45) is 0. The predicted molar refractivity (Wildman–Crippen MR) is 51.2 cm³/mol. The average molecular weight is 182 g/mol. The third-order valence-electron chi connectivity index (χ3n) is 3.07. The third-order valence-corrected chi connectivity index (χ3v) is 3.68. The number of hydrogen-bond acceptors (Lipinski definition) is 3. The molecule has 0 saturated heterocycles. The highest BCUT2D eigenvalue weighted by Crippen LogP contribution is 2.63. The first-order valence-electron chi connectivity index (χ1n) is 4.26. The monoisotopic (exact) mass is 182 g/mol. The van der Waals surface area contributed by atoms with Crippen molar-refractivity contribution in [3.63, 3.8) is 0 Å². The largest absolute Gasteiger partial charge is 0.330 e. The molecule has 12 heavy (non-hydrogen) atoms. The summed E-state index contributed by atoms with van der Waals surface area (Å²) in [5.74, 6) is 1.24. The Morgan fingerprint density at radius 1 is 1.67 bits per heavy atom. The van der Waals surface area contributed by atoms with E-state index in [1.807, 2.05) is 5.51 Å². The molecule has 66 valence electrons. The average Bonchev–Trinajstić information content (AvgIpc) is 2.50. The van der Waals surface area contributed by atoms with E-state index in [1.54, 1.807) is 11.3 Å². The number of thiazole rings is 1. The molecule has 0 aliphatic heterocycles. The van der Waals surface area contributed by atoms with Gasteiger partial charge in [-0.1, -0.05) is 13.8 Å². The normalized spacial score (nSPS) is 31.9. The van der Waals surface area contributed by atoms with E-state index in [4.69, 9.17) is 5.73 Å². The van der Waals surface area contributed by atoms with Gasteiger partial charge >= 0.3 is 0 Å². The molecule has 3 heteroatoms. The second-order valence-electron chi connectivity index (χ2n) is 4.05. The fraction of sp³-hybridized carbons (Fsp3) is 0.667. The van der Waals surface area contributed by atoms with E-state index in [0.717, 1.165) is 6.54 Å². The maximum absolute atomic E-state index is 5.68. The highest BCUT2D eigenvalue weighted by Gasteiger charge is 2.58. The second-order valence-corrected chi connectivity index (χ2v) is 4.77. The molecule has 1 aromatic rings. The Kier molecular flexibility index (Phi) is 1.73. The lowest BCUT2D eigenvalue weighted by molar-refractivity contribution is 0.557. The molecule has 1 saturated carbocycles. The van der Waals surface area contributed by atoms with E-state index in [2.05, 4.69) is 24.2 Å². The summed E-state index contributed by atoms with van der Waals surface area (Å²) in [7, 11) is 0. The third kappa shape index (κ3) is 1.00. The van der Waals surface area contributed by atoms with Crippen LogP contribution in [0.4, 0.5) is 0 Å². The van der Waals surface area contributed by atoms with Gasteiger partial charge in [0.15, 0.2) is 0 Å². The van der Waals surface area contributed by atoms with Gasteiger partial charge in [-0.15, -0.1) is 11.3 Å². The van der Waals surface area contributed by atoms with Crippen molar-refractivity contribution in [2.75, 3.05) is 6.54 Å². The van der Waals surface area contributed by atoms with E-state index in [0.29, 0.717) is 17.3 Å². The molecule has 1 aliphatic carbocycles. The molecular weight excluding hydrogens is 168 g/mol. The SMILES string of the molecule is CC1(C)C(CN)C1c1cscn1. The van der Waals surface area contributed by atoms with Crippen LogP contribution in [0.5, 0.6) is 0 Å². The maximum atomic E-state index is 5.68. The predicted octanol–water partition coefficient (Wildman–Crippen LogP) is 1.84. The van der Waals surface area contributed by atoms with Crippen LogP contribution in [0.1, 0.15) is 25.5 Å². The summed E-state index contributed by atoms with van der Waals surface area (Å²) >= 11 is 1.67. The topological polar surface area (TPSA) is 38.9 Å². The highest BCUT2D eigenvalue weighted by molar-refractivity contribution is 7.07. The molecule has 0 amide bonds. The molecular formula is C9H14N2S. The van der Waals surface area contributed by atoms with Gasteiger partial charge in [0.2, 0.25) is 0 Å². The molecule has 1 aromatic heterocycles. The Bertz CT molecular complexity index is 266. The Hall–Kier alpha value is -0.410. The van der Waals surface area contributed by atoms with Crippen LogP contribution in [0, 0.1) is 11.3 Å². The van der Waals surface area contributed by atoms with Crippen molar-refractivity contribution in [2.24, 2.45) is 17.1 Å². The first-order chi connectivity index (χ1) is 5.68. The Balaban J connectivity index is 2.19. The first-order valence-corrected chi connectivity index (χ1v) is 5.20. The fourth-order valence-corrected chi connectivity index (χ4v) is 2.74. The van der Waals surface area contributed by atoms with Crippen molar-refractivity contribution in [1.82, 2.24) is 4.98 Å². The molecule has 0 aromatic carbocycles. The van der Waals surface area contributed by atoms with E-state index in [9.17, 15) is 0 Å². The summed E-state index contributed by atoms with van der Waals surface area (Å²) in [6.45, 7) is 5.33. The van der Waals surface area contributed by atoms with E-state index >= 15 is 0 Å². The van der Waals surface area contributed by atoms with Crippen molar-refractivity contribution >= 4 is 11.3 Å². The van der Waals surface area contributed by atoms with Gasteiger partial charge < -0.3 is 5.73 Å². The van der Waals surface area contributed by atoms with Crippen LogP contribution in [0.25, 0.3) is 0 Å². The molecule has 1 fully saturated rings. The summed E-state index contributed by atoms with van der Waals surface area (Å²) in [5, 5.41) is 2.14. The van der Waals surface area contributed by atoms with Crippen molar-refractivity contribution in [3.8, 4) is 0 Å². The minimum atomic E-state index is 0.378. The van der Waals surface area contributed by atoms with Gasteiger partial charge in [-0.25, -0.2) is 4.98 Å². The van der Waals surface area contributed by atoms with Crippen molar-refractivity contribution in [2.45, 2.75) is 19.8 Å². The number of nitrogens with two attached hydrogens (primary N) is 1. The second kappa shape index (κ2) is 2.54. The quantitative estimate of drug-likeness (QED) is 0.758. The molecule has 1 aliphatic rings. The first kappa shape index (κ1) is 8.20. The Morgan fingerprint density at radius 2 is 2.42 bits per heavy atom. The van der Waals surface area contributed by atoms with Gasteiger partial charge in [-0.05, 0) is 17.9 Å². The zero-order chi connectivity index (χ0) is 8.77. The smallest absolute Gasteiger partial charge is 0.0794 e. The van der Waals surface area contributed by atoms with Gasteiger partial charge in [0.05, 0.1) is 11.2 Å². The Morgan fingerprint density at radius 3 is 2.83 bits per heavy atom. The zero-order valence-corrected chi connectivity index (χ0v) is 8.27. The van der Waals surface area contributed by atoms with Crippen molar-refractivity contribution < 1.29 is 0 Å². The van der Waals surface area contributed by atoms with Gasteiger partial charge in [-0.3, -0.25) is 0 Å². The lowest BCUT2D eigenvalue weighted by atomic mass is 10.1. The van der Waals surface area contributed by atoms with Gasteiger partial charge in [-0.2, -0.15) is 0 Å². The number of aromatic nitrogens is 1. The van der Waals surface area contributed by atoms with Crippen molar-refractivity contribution in [1.29, 1.82) is 0 Å². The summed E-state index contributed by atoms with van der Waals surface area (Å²) in [6, 6.07) is 0. The van der Waals surface area contributed by atoms with E-state index < -0.39 is 0 Å². The minimum absolute atomic E-state index is 0.378. The maximum Gasteiger partial charge on any atom is 0.0794 e. The number of rotatable bonds is 2. The molecule has 2 atom stereocenters. The lowest BCUT2D eigenvalue weighted by Gasteiger charge is -1.98. The number of hydrogen-bond donors (Lipinski definition) is 1. The van der Waals surface area contributed by atoms with Gasteiger partial charge in [0, 0.05) is 11.3 Å². The fourth-order valence-electron chi connectivity index (χ4n) is 2.15. The van der Waals surface area contributed by atoms with E-state index in [-0.39, 0.29) is 0 Å². The molecule has 0 bridgehead atoms. The molecule has 1 heterocycles. The molecule has 0 radical (unpaired) electrons. The Labute approximate surface area is 76.8 Å². The van der Waals surface area contributed by atoms with Crippen LogP contribution in [0.15, 0.2) is 10.9 Å². The molecule has 0 spiro atoms. The van der Waals surface area contributed by atoms with Crippen LogP contribution in [-0.2, 0) is 0 Å². The summed E-state index contributed by atoms with van der Waals surface area (Å²) in [5.41, 5.74) is 9.20. The minimum Gasteiger partial charge on any atom is -0.330 e. The standard InChI is InChI=1S/C9H14N2S/c1-9(2)6(3-10)8(9)7-4-12-5-11-7/h4-6,8H,3,10H2,1-2H3.